The number of hydrogen-bond acceptors (Lipinski definition) is 7. The lowest BCUT2D eigenvalue weighted by Gasteiger charge is -2.30. The van der Waals surface area contributed by atoms with Crippen molar-refractivity contribution in [2.24, 2.45) is 17.6 Å². The molecule has 0 saturated heterocycles. The van der Waals surface area contributed by atoms with Gasteiger partial charge in [0, 0.05) is 25.7 Å². The number of allylic oxidation sites excluding steroid dienone is 1. The Labute approximate surface area is 219 Å². The van der Waals surface area contributed by atoms with Gasteiger partial charge in [0.05, 0.1) is 24.0 Å². The van der Waals surface area contributed by atoms with Gasteiger partial charge < -0.3 is 35.5 Å². The summed E-state index contributed by atoms with van der Waals surface area (Å²) in [4.78, 5) is 24.5. The van der Waals surface area contributed by atoms with Crippen LogP contribution in [0.3, 0.4) is 0 Å². The van der Waals surface area contributed by atoms with Crippen LogP contribution >= 0.6 is 0 Å². The van der Waals surface area contributed by atoms with Crippen LogP contribution in [0.2, 0.25) is 0 Å². The van der Waals surface area contributed by atoms with Crippen LogP contribution in [0.15, 0.2) is 41.5 Å². The number of rotatable bonds is 3. The fourth-order valence-electron chi connectivity index (χ4n) is 4.77. The highest BCUT2D eigenvalue weighted by molar-refractivity contribution is 6.04. The highest BCUT2D eigenvalue weighted by atomic mass is 16.6. The number of hydrogen-bond donors (Lipinski definition) is 4. The summed E-state index contributed by atoms with van der Waals surface area (Å²) < 4.78 is 16.7. The number of phenolic OH excluding ortho intramolecular Hbond substituents is 1. The van der Waals surface area contributed by atoms with Crippen LogP contribution in [0.25, 0.3) is 0 Å². The zero-order chi connectivity index (χ0) is 27.7. The van der Waals surface area contributed by atoms with Crippen molar-refractivity contribution in [3.05, 3.63) is 47.1 Å². The number of amides is 2. The first-order valence-corrected chi connectivity index (χ1v) is 12.6. The Morgan fingerprint density at radius 1 is 1.14 bits per heavy atom. The van der Waals surface area contributed by atoms with Crippen molar-refractivity contribution in [3.63, 3.8) is 0 Å². The number of phenols is 1. The lowest BCUT2D eigenvalue weighted by molar-refractivity contribution is -0.112. The number of primary amides is 1. The number of aliphatic hydroxyl groups is 1. The fraction of sp³-hybridized carbons (Fsp3) is 0.571. The SMILES string of the molecule is CO[C@H]1C[C@H](C)Cc2ccc(O)c(c2)NC(=O)/C(C)=C/CC[C@H](OC)[C@@H](OC(N)=O)/C(C)=C/[C@H](C)[C@H]1O. The number of fused-ring (bicyclic) bond motifs is 2. The third-order valence-corrected chi connectivity index (χ3v) is 6.87. The van der Waals surface area contributed by atoms with Crippen molar-refractivity contribution >= 4 is 17.7 Å². The molecule has 0 spiro atoms. The Morgan fingerprint density at radius 2 is 1.81 bits per heavy atom. The lowest BCUT2D eigenvalue weighted by Crippen LogP contribution is -2.37. The van der Waals surface area contributed by atoms with Crippen LogP contribution in [0.4, 0.5) is 10.5 Å². The molecule has 0 aromatic heterocycles. The first-order valence-electron chi connectivity index (χ1n) is 12.6. The average Bonchev–Trinajstić information content (AvgIpc) is 2.84. The van der Waals surface area contributed by atoms with Gasteiger partial charge >= 0.3 is 6.09 Å². The van der Waals surface area contributed by atoms with Crippen LogP contribution < -0.4 is 11.1 Å². The van der Waals surface area contributed by atoms with E-state index in [9.17, 15) is 19.8 Å². The summed E-state index contributed by atoms with van der Waals surface area (Å²) in [5.41, 5.74) is 7.81. The molecule has 9 nitrogen and oxygen atoms in total. The summed E-state index contributed by atoms with van der Waals surface area (Å²) in [7, 11) is 3.09. The summed E-state index contributed by atoms with van der Waals surface area (Å²) in [5, 5.41) is 24.2. The predicted octanol–water partition coefficient (Wildman–Crippen LogP) is 4.08. The van der Waals surface area contributed by atoms with E-state index in [1.54, 1.807) is 32.2 Å². The second-order valence-corrected chi connectivity index (χ2v) is 9.98. The second-order valence-electron chi connectivity index (χ2n) is 9.98. The largest absolute Gasteiger partial charge is 0.506 e. The molecule has 0 radical (unpaired) electrons. The topological polar surface area (TPSA) is 140 Å². The lowest BCUT2D eigenvalue weighted by atomic mass is 9.88. The van der Waals surface area contributed by atoms with Crippen molar-refractivity contribution in [1.29, 1.82) is 0 Å². The summed E-state index contributed by atoms with van der Waals surface area (Å²) in [6.07, 6.45) is 2.33. The molecule has 1 aliphatic rings. The van der Waals surface area contributed by atoms with Gasteiger partial charge in [0.1, 0.15) is 5.75 Å². The van der Waals surface area contributed by atoms with E-state index in [0.29, 0.717) is 42.5 Å². The number of aliphatic hydroxyl groups excluding tert-OH is 1. The standard InChI is InChI=1S/C28H42N2O7/c1-16-12-20-10-11-22(31)21(15-20)30-27(33)17(2)8-7-9-23(35-5)26(37-28(29)34)19(4)14-18(3)25(32)24(13-16)36-6/h8,10-11,14-16,18,23-26,31-32H,7,9,12-13H2,1-6H3,(H2,29,34)(H,30,33)/b17-8+,19-14+/t16-,18+,23+,24+,25-,26+/m1/s1. The molecule has 0 unspecified atom stereocenters. The summed E-state index contributed by atoms with van der Waals surface area (Å²) >= 11 is 0. The third-order valence-electron chi connectivity index (χ3n) is 6.87. The first-order chi connectivity index (χ1) is 17.5. The second kappa shape index (κ2) is 14.2. The molecule has 2 bridgehead atoms. The van der Waals surface area contributed by atoms with E-state index in [1.165, 1.54) is 7.11 Å². The maximum atomic E-state index is 12.8. The number of nitrogens with two attached hydrogens (primary N) is 1. The molecule has 2 amide bonds. The van der Waals surface area contributed by atoms with E-state index >= 15 is 0 Å². The van der Waals surface area contributed by atoms with E-state index in [2.05, 4.69) is 12.2 Å². The molecule has 5 N–H and O–H groups in total. The molecule has 1 heterocycles. The highest BCUT2D eigenvalue weighted by Crippen LogP contribution is 2.29. The summed E-state index contributed by atoms with van der Waals surface area (Å²) in [6.45, 7) is 7.44. The van der Waals surface area contributed by atoms with Crippen LogP contribution in [0, 0.1) is 11.8 Å². The minimum absolute atomic E-state index is 0.0186. The molecule has 2 rings (SSSR count). The number of carbonyl (C=O) groups is 2. The van der Waals surface area contributed by atoms with Gasteiger partial charge in [-0.25, -0.2) is 4.79 Å². The van der Waals surface area contributed by atoms with Gasteiger partial charge in [0.15, 0.2) is 6.10 Å². The Balaban J connectivity index is 2.47. The Hall–Kier alpha value is -2.88. The average molecular weight is 519 g/mol. The van der Waals surface area contributed by atoms with Gasteiger partial charge in [-0.1, -0.05) is 32.1 Å². The molecule has 1 aromatic rings. The van der Waals surface area contributed by atoms with Gasteiger partial charge in [0.2, 0.25) is 0 Å². The van der Waals surface area contributed by atoms with E-state index in [1.807, 2.05) is 26.0 Å². The van der Waals surface area contributed by atoms with Gasteiger partial charge in [-0.05, 0) is 68.7 Å². The molecule has 0 fully saturated rings. The van der Waals surface area contributed by atoms with Crippen molar-refractivity contribution in [3.8, 4) is 5.75 Å². The smallest absolute Gasteiger partial charge is 0.405 e. The third kappa shape index (κ3) is 8.87. The summed E-state index contributed by atoms with van der Waals surface area (Å²) in [6, 6.07) is 5.16. The van der Waals surface area contributed by atoms with Crippen molar-refractivity contribution < 1.29 is 34.0 Å². The van der Waals surface area contributed by atoms with E-state index in [0.717, 1.165) is 5.56 Å². The fourth-order valence-corrected chi connectivity index (χ4v) is 4.77. The maximum absolute atomic E-state index is 12.8. The number of anilines is 1. The van der Waals surface area contributed by atoms with Crippen molar-refractivity contribution in [2.45, 2.75) is 77.8 Å². The molecule has 0 aliphatic carbocycles. The van der Waals surface area contributed by atoms with Gasteiger partial charge in [-0.3, -0.25) is 4.79 Å². The van der Waals surface area contributed by atoms with Crippen molar-refractivity contribution in [2.75, 3.05) is 19.5 Å². The van der Waals surface area contributed by atoms with E-state index in [-0.39, 0.29) is 23.5 Å². The van der Waals surface area contributed by atoms with Crippen LogP contribution in [-0.2, 0) is 25.4 Å². The number of ether oxygens (including phenoxy) is 3. The van der Waals surface area contributed by atoms with Gasteiger partial charge in [-0.2, -0.15) is 0 Å². The first kappa shape index (κ1) is 30.3. The molecular formula is C28H42N2O7. The molecule has 37 heavy (non-hydrogen) atoms. The van der Waals surface area contributed by atoms with E-state index < -0.39 is 30.5 Å². The minimum atomic E-state index is -0.928. The normalized spacial score (nSPS) is 31.4. The minimum Gasteiger partial charge on any atom is -0.506 e. The monoisotopic (exact) mass is 518 g/mol. The van der Waals surface area contributed by atoms with Crippen LogP contribution in [0.1, 0.15) is 52.5 Å². The molecule has 0 saturated carbocycles. The molecule has 1 aromatic carbocycles. The molecular weight excluding hydrogens is 476 g/mol. The Morgan fingerprint density at radius 3 is 2.43 bits per heavy atom. The summed E-state index contributed by atoms with van der Waals surface area (Å²) in [5.74, 6) is -0.517. The van der Waals surface area contributed by atoms with Gasteiger partial charge in [-0.15, -0.1) is 0 Å². The van der Waals surface area contributed by atoms with Crippen molar-refractivity contribution in [1.82, 2.24) is 0 Å². The number of nitrogens with one attached hydrogen (secondary N) is 1. The number of methoxy groups -OCH3 is 2. The molecule has 206 valence electrons. The van der Waals surface area contributed by atoms with Gasteiger partial charge in [0.25, 0.3) is 5.91 Å². The zero-order valence-electron chi connectivity index (χ0n) is 22.7. The van der Waals surface area contributed by atoms with Crippen LogP contribution in [-0.4, -0.2) is 60.8 Å². The van der Waals surface area contributed by atoms with E-state index in [4.69, 9.17) is 19.9 Å². The Bertz CT molecular complexity index is 991. The molecule has 9 heteroatoms. The number of carbonyl (C=O) groups excluding carboxylic acids is 2. The molecule has 6 atom stereocenters. The zero-order valence-corrected chi connectivity index (χ0v) is 22.7. The van der Waals surface area contributed by atoms with Crippen LogP contribution in [0.5, 0.6) is 5.75 Å². The predicted molar refractivity (Wildman–Crippen MR) is 142 cm³/mol. The highest BCUT2D eigenvalue weighted by Gasteiger charge is 2.30. The number of benzene rings is 1. The maximum Gasteiger partial charge on any atom is 0.405 e. The quantitative estimate of drug-likeness (QED) is 0.349. The Kier molecular flexibility index (Phi) is 11.6. The number of aromatic hydroxyl groups is 1. The molecule has 1 aliphatic heterocycles.